The lowest BCUT2D eigenvalue weighted by molar-refractivity contribution is 0.0904. The molecule has 0 spiro atoms. The third-order valence-electron chi connectivity index (χ3n) is 3.39. The van der Waals surface area contributed by atoms with E-state index in [2.05, 4.69) is 19.2 Å². The molecule has 1 amide bonds. The van der Waals surface area contributed by atoms with Gasteiger partial charge in [0.05, 0.1) is 6.61 Å². The van der Waals surface area contributed by atoms with Crippen LogP contribution in [-0.2, 0) is 4.74 Å². The van der Waals surface area contributed by atoms with Crippen molar-refractivity contribution in [3.8, 4) is 0 Å². The van der Waals surface area contributed by atoms with E-state index in [1.54, 1.807) is 0 Å². The summed E-state index contributed by atoms with van der Waals surface area (Å²) in [5, 5.41) is 2.74. The van der Waals surface area contributed by atoms with E-state index in [0.29, 0.717) is 12.3 Å². The first-order chi connectivity index (χ1) is 10.6. The standard InChI is InChI=1S/C19H29NO3/c1-13(2)15-9-7-8-10-16(15)17(21)11-14(3)12-23-18(22)20-19(4,5)6/h7-10,13-14H,11-12H2,1-6H3,(H,20,22)/t14-/m0/s1. The number of carbonyl (C=O) groups excluding carboxylic acids is 2. The van der Waals surface area contributed by atoms with E-state index < -0.39 is 6.09 Å². The van der Waals surface area contributed by atoms with Crippen LogP contribution < -0.4 is 5.32 Å². The molecule has 0 aliphatic rings. The smallest absolute Gasteiger partial charge is 0.407 e. The largest absolute Gasteiger partial charge is 0.449 e. The molecule has 23 heavy (non-hydrogen) atoms. The van der Waals surface area contributed by atoms with Crippen molar-refractivity contribution in [3.63, 3.8) is 0 Å². The van der Waals surface area contributed by atoms with Gasteiger partial charge >= 0.3 is 6.09 Å². The number of carbonyl (C=O) groups is 2. The Morgan fingerprint density at radius 3 is 2.30 bits per heavy atom. The average Bonchev–Trinajstić information content (AvgIpc) is 2.43. The summed E-state index contributed by atoms with van der Waals surface area (Å²) in [6.45, 7) is 12.0. The zero-order valence-electron chi connectivity index (χ0n) is 15.1. The van der Waals surface area contributed by atoms with Gasteiger partial charge in [-0.15, -0.1) is 0 Å². The van der Waals surface area contributed by atoms with Gasteiger partial charge in [-0.3, -0.25) is 4.79 Å². The summed E-state index contributed by atoms with van der Waals surface area (Å²) in [4.78, 5) is 24.1. The highest BCUT2D eigenvalue weighted by molar-refractivity contribution is 5.97. The number of ketones is 1. The molecule has 0 aromatic heterocycles. The average molecular weight is 319 g/mol. The van der Waals surface area contributed by atoms with Crippen molar-refractivity contribution in [2.45, 2.75) is 59.4 Å². The molecule has 1 N–H and O–H groups in total. The molecule has 0 bridgehead atoms. The molecule has 1 rings (SSSR count). The Morgan fingerprint density at radius 1 is 1.13 bits per heavy atom. The molecule has 128 valence electrons. The highest BCUT2D eigenvalue weighted by Gasteiger charge is 2.19. The van der Waals surface area contributed by atoms with E-state index >= 15 is 0 Å². The van der Waals surface area contributed by atoms with Gasteiger partial charge in [-0.05, 0) is 38.2 Å². The van der Waals surface area contributed by atoms with Gasteiger partial charge in [0, 0.05) is 17.5 Å². The summed E-state index contributed by atoms with van der Waals surface area (Å²) in [5.41, 5.74) is 1.51. The number of nitrogens with one attached hydrogen (secondary N) is 1. The molecule has 0 aliphatic heterocycles. The SMILES string of the molecule is CC(C)c1ccccc1C(=O)C[C@H](C)COC(=O)NC(C)(C)C. The van der Waals surface area contributed by atoms with Crippen molar-refractivity contribution < 1.29 is 14.3 Å². The lowest BCUT2D eigenvalue weighted by Gasteiger charge is -2.21. The second-order valence-electron chi connectivity index (χ2n) is 7.45. The highest BCUT2D eigenvalue weighted by Crippen LogP contribution is 2.21. The molecular formula is C19H29NO3. The van der Waals surface area contributed by atoms with Crippen molar-refractivity contribution >= 4 is 11.9 Å². The number of benzene rings is 1. The highest BCUT2D eigenvalue weighted by atomic mass is 16.5. The fraction of sp³-hybridized carbons (Fsp3) is 0.579. The molecule has 0 fully saturated rings. The summed E-state index contributed by atoms with van der Waals surface area (Å²) in [6, 6.07) is 7.71. The fourth-order valence-corrected chi connectivity index (χ4v) is 2.30. The number of ether oxygens (including phenoxy) is 1. The van der Waals surface area contributed by atoms with E-state index in [-0.39, 0.29) is 23.8 Å². The van der Waals surface area contributed by atoms with Crippen LogP contribution in [0.1, 0.15) is 69.8 Å². The van der Waals surface area contributed by atoms with Gasteiger partial charge in [-0.2, -0.15) is 0 Å². The third kappa shape index (κ3) is 6.85. The topological polar surface area (TPSA) is 55.4 Å². The van der Waals surface area contributed by atoms with Crippen LogP contribution in [0.15, 0.2) is 24.3 Å². The van der Waals surface area contributed by atoms with Crippen molar-refractivity contribution in [3.05, 3.63) is 35.4 Å². The second kappa shape index (κ2) is 8.14. The van der Waals surface area contributed by atoms with Crippen LogP contribution in [0.3, 0.4) is 0 Å². The maximum Gasteiger partial charge on any atom is 0.407 e. The van der Waals surface area contributed by atoms with Gasteiger partial charge in [-0.25, -0.2) is 4.79 Å². The Kier molecular flexibility index (Phi) is 6.79. The summed E-state index contributed by atoms with van der Waals surface area (Å²) in [5.74, 6) is 0.384. The van der Waals surface area contributed by atoms with Gasteiger partial charge in [0.1, 0.15) is 0 Å². The van der Waals surface area contributed by atoms with Crippen LogP contribution in [0, 0.1) is 5.92 Å². The first-order valence-electron chi connectivity index (χ1n) is 8.17. The Bertz CT molecular complexity index is 544. The molecule has 0 heterocycles. The molecule has 0 aliphatic carbocycles. The molecule has 4 nitrogen and oxygen atoms in total. The Morgan fingerprint density at radius 2 is 1.74 bits per heavy atom. The van der Waals surface area contributed by atoms with Crippen LogP contribution in [0.2, 0.25) is 0 Å². The van der Waals surface area contributed by atoms with E-state index in [1.165, 1.54) is 0 Å². The van der Waals surface area contributed by atoms with E-state index in [9.17, 15) is 9.59 Å². The molecule has 0 saturated carbocycles. The van der Waals surface area contributed by atoms with Crippen LogP contribution in [-0.4, -0.2) is 24.0 Å². The van der Waals surface area contributed by atoms with E-state index in [0.717, 1.165) is 11.1 Å². The minimum atomic E-state index is -0.445. The maximum atomic E-state index is 12.5. The number of hydrogen-bond acceptors (Lipinski definition) is 3. The predicted molar refractivity (Wildman–Crippen MR) is 92.9 cm³/mol. The van der Waals surface area contributed by atoms with Crippen molar-refractivity contribution in [2.24, 2.45) is 5.92 Å². The summed E-state index contributed by atoms with van der Waals surface area (Å²) in [6.07, 6.45) is -0.0774. The molecule has 0 saturated heterocycles. The minimum absolute atomic E-state index is 0.0200. The van der Waals surface area contributed by atoms with Gasteiger partial charge in [0.15, 0.2) is 5.78 Å². The van der Waals surface area contributed by atoms with E-state index in [1.807, 2.05) is 52.0 Å². The van der Waals surface area contributed by atoms with Crippen LogP contribution in [0.25, 0.3) is 0 Å². The monoisotopic (exact) mass is 319 g/mol. The van der Waals surface area contributed by atoms with E-state index in [4.69, 9.17) is 4.74 Å². The number of hydrogen-bond donors (Lipinski definition) is 1. The number of alkyl carbamates (subject to hydrolysis) is 1. The van der Waals surface area contributed by atoms with Gasteiger partial charge in [0.2, 0.25) is 0 Å². The summed E-state index contributed by atoms with van der Waals surface area (Å²) < 4.78 is 5.19. The van der Waals surface area contributed by atoms with Gasteiger partial charge in [-0.1, -0.05) is 45.0 Å². The molecule has 1 atom stereocenters. The van der Waals surface area contributed by atoms with Crippen molar-refractivity contribution in [1.82, 2.24) is 5.32 Å². The molecule has 4 heteroatoms. The lowest BCUT2D eigenvalue weighted by atomic mass is 9.91. The molecule has 0 unspecified atom stereocenters. The third-order valence-corrected chi connectivity index (χ3v) is 3.39. The quantitative estimate of drug-likeness (QED) is 0.783. The normalized spacial score (nSPS) is 12.8. The van der Waals surface area contributed by atoms with Crippen molar-refractivity contribution in [1.29, 1.82) is 0 Å². The fourth-order valence-electron chi connectivity index (χ4n) is 2.30. The summed E-state index contributed by atoms with van der Waals surface area (Å²) >= 11 is 0. The predicted octanol–water partition coefficient (Wildman–Crippen LogP) is 4.54. The Hall–Kier alpha value is -1.84. The minimum Gasteiger partial charge on any atom is -0.449 e. The molecule has 0 radical (unpaired) electrons. The number of rotatable bonds is 6. The Labute approximate surface area is 139 Å². The van der Waals surface area contributed by atoms with Gasteiger partial charge in [0.25, 0.3) is 0 Å². The van der Waals surface area contributed by atoms with Crippen molar-refractivity contribution in [2.75, 3.05) is 6.61 Å². The summed E-state index contributed by atoms with van der Waals surface area (Å²) in [7, 11) is 0. The first-order valence-corrected chi connectivity index (χ1v) is 8.17. The zero-order valence-corrected chi connectivity index (χ0v) is 15.1. The van der Waals surface area contributed by atoms with Crippen LogP contribution in [0.4, 0.5) is 4.79 Å². The Balaban J connectivity index is 2.56. The van der Waals surface area contributed by atoms with Gasteiger partial charge < -0.3 is 10.1 Å². The van der Waals surface area contributed by atoms with Crippen LogP contribution in [0.5, 0.6) is 0 Å². The lowest BCUT2D eigenvalue weighted by Crippen LogP contribution is -2.41. The zero-order chi connectivity index (χ0) is 17.6. The van der Waals surface area contributed by atoms with Crippen LogP contribution >= 0.6 is 0 Å². The maximum absolute atomic E-state index is 12.5. The second-order valence-corrected chi connectivity index (χ2v) is 7.45. The first kappa shape index (κ1) is 19.2. The number of amides is 1. The molecular weight excluding hydrogens is 290 g/mol. The molecule has 1 aromatic rings. The number of Topliss-reactive ketones (excluding diaryl/α,β-unsaturated/α-hetero) is 1. The molecule has 1 aromatic carbocycles.